The quantitative estimate of drug-likeness (QED) is 0.523. The van der Waals surface area contributed by atoms with Crippen LogP contribution >= 0.6 is 0 Å². The van der Waals surface area contributed by atoms with Crippen molar-refractivity contribution in [3.63, 3.8) is 0 Å². The summed E-state index contributed by atoms with van der Waals surface area (Å²) in [5.74, 6) is 1.10. The van der Waals surface area contributed by atoms with E-state index in [1.807, 2.05) is 48.0 Å². The van der Waals surface area contributed by atoms with E-state index in [9.17, 15) is 9.59 Å². The molecule has 0 radical (unpaired) electrons. The molecule has 0 atom stereocenters. The number of ether oxygens (including phenoxy) is 2. The number of pyridine rings is 1. The largest absolute Gasteiger partial charge is 0.497 e. The second kappa shape index (κ2) is 8.36. The van der Waals surface area contributed by atoms with Gasteiger partial charge >= 0.3 is 0 Å². The van der Waals surface area contributed by atoms with Gasteiger partial charge in [-0.2, -0.15) is 0 Å². The standard InChI is InChI=1S/C25H22N2O4/c1-27-20-13-6-4-11-18(20)23(28)22(16-9-8-10-17(15-16)30-2)24(27)26-25(29)19-12-5-7-14-21(19)31-3/h4-15H,1-3H3,(H,26,29). The van der Waals surface area contributed by atoms with Crippen LogP contribution in [0.5, 0.6) is 11.5 Å². The molecule has 1 aromatic heterocycles. The fourth-order valence-electron chi connectivity index (χ4n) is 3.69. The Labute approximate surface area is 179 Å². The number of nitrogens with zero attached hydrogens (tertiary/aromatic N) is 1. The number of anilines is 1. The van der Waals surface area contributed by atoms with Crippen molar-refractivity contribution < 1.29 is 14.3 Å². The van der Waals surface area contributed by atoms with Crippen molar-refractivity contribution in [2.75, 3.05) is 19.5 Å². The van der Waals surface area contributed by atoms with Crippen LogP contribution in [-0.4, -0.2) is 24.7 Å². The molecule has 0 unspecified atom stereocenters. The molecule has 6 heteroatoms. The molecule has 0 fully saturated rings. The molecule has 1 amide bonds. The monoisotopic (exact) mass is 414 g/mol. The number of para-hydroxylation sites is 2. The van der Waals surface area contributed by atoms with Gasteiger partial charge in [-0.25, -0.2) is 0 Å². The van der Waals surface area contributed by atoms with E-state index in [4.69, 9.17) is 9.47 Å². The Balaban J connectivity index is 1.96. The number of methoxy groups -OCH3 is 2. The van der Waals surface area contributed by atoms with Crippen molar-refractivity contribution in [1.82, 2.24) is 4.57 Å². The van der Waals surface area contributed by atoms with Crippen LogP contribution in [0.25, 0.3) is 22.0 Å². The zero-order valence-corrected chi connectivity index (χ0v) is 17.5. The van der Waals surface area contributed by atoms with Gasteiger partial charge in [-0.1, -0.05) is 36.4 Å². The Morgan fingerprint density at radius 1 is 0.903 bits per heavy atom. The Morgan fingerprint density at radius 2 is 1.65 bits per heavy atom. The van der Waals surface area contributed by atoms with Gasteiger partial charge in [0.2, 0.25) is 0 Å². The average molecular weight is 414 g/mol. The maximum Gasteiger partial charge on any atom is 0.260 e. The number of carbonyl (C=O) groups excluding carboxylic acids is 1. The zero-order valence-electron chi connectivity index (χ0n) is 17.5. The summed E-state index contributed by atoms with van der Waals surface area (Å²) in [5, 5.41) is 3.51. The van der Waals surface area contributed by atoms with E-state index in [1.54, 1.807) is 43.5 Å². The van der Waals surface area contributed by atoms with E-state index in [0.717, 1.165) is 5.52 Å². The van der Waals surface area contributed by atoms with Gasteiger partial charge in [0.15, 0.2) is 5.43 Å². The SMILES string of the molecule is COc1cccc(-c2c(NC(=O)c3ccccc3OC)n(C)c3ccccc3c2=O)c1. The molecule has 6 nitrogen and oxygen atoms in total. The molecule has 0 aliphatic carbocycles. The first-order valence-corrected chi connectivity index (χ1v) is 9.75. The van der Waals surface area contributed by atoms with Gasteiger partial charge in [-0.15, -0.1) is 0 Å². The highest BCUT2D eigenvalue weighted by atomic mass is 16.5. The van der Waals surface area contributed by atoms with Gasteiger partial charge in [-0.05, 0) is 42.0 Å². The van der Waals surface area contributed by atoms with Gasteiger partial charge in [0.1, 0.15) is 17.3 Å². The summed E-state index contributed by atoms with van der Waals surface area (Å²) < 4.78 is 12.5. The Kier molecular flexibility index (Phi) is 5.45. The molecule has 0 saturated heterocycles. The first-order chi connectivity index (χ1) is 15.0. The second-order valence-corrected chi connectivity index (χ2v) is 7.02. The molecule has 4 aromatic rings. The first kappa shape index (κ1) is 20.2. The predicted octanol–water partition coefficient (Wildman–Crippen LogP) is 4.48. The molecule has 0 aliphatic heterocycles. The van der Waals surface area contributed by atoms with Crippen molar-refractivity contribution in [3.05, 3.63) is 88.6 Å². The van der Waals surface area contributed by atoms with E-state index in [-0.39, 0.29) is 11.3 Å². The van der Waals surface area contributed by atoms with Crippen LogP contribution in [0.1, 0.15) is 10.4 Å². The molecule has 31 heavy (non-hydrogen) atoms. The number of rotatable bonds is 5. The van der Waals surface area contributed by atoms with Gasteiger partial charge in [0.25, 0.3) is 5.91 Å². The van der Waals surface area contributed by atoms with Crippen molar-refractivity contribution in [3.8, 4) is 22.6 Å². The molecule has 1 heterocycles. The lowest BCUT2D eigenvalue weighted by Gasteiger charge is -2.19. The number of carbonyl (C=O) groups is 1. The summed E-state index contributed by atoms with van der Waals surface area (Å²) in [4.78, 5) is 26.7. The molecule has 0 spiro atoms. The molecular weight excluding hydrogens is 392 g/mol. The van der Waals surface area contributed by atoms with Gasteiger partial charge < -0.3 is 19.4 Å². The van der Waals surface area contributed by atoms with Crippen LogP contribution in [0.3, 0.4) is 0 Å². The maximum atomic E-state index is 13.5. The normalized spacial score (nSPS) is 10.7. The third-order valence-corrected chi connectivity index (χ3v) is 5.25. The molecule has 0 aliphatic rings. The maximum absolute atomic E-state index is 13.5. The number of hydrogen-bond donors (Lipinski definition) is 1. The van der Waals surface area contributed by atoms with Crippen LogP contribution in [0.4, 0.5) is 5.82 Å². The first-order valence-electron chi connectivity index (χ1n) is 9.75. The number of nitrogens with one attached hydrogen (secondary N) is 1. The topological polar surface area (TPSA) is 69.6 Å². The van der Waals surface area contributed by atoms with Crippen LogP contribution in [0.2, 0.25) is 0 Å². The summed E-state index contributed by atoms with van der Waals surface area (Å²) in [5.41, 5.74) is 1.97. The van der Waals surface area contributed by atoms with Crippen LogP contribution in [0, 0.1) is 0 Å². The average Bonchev–Trinajstić information content (AvgIpc) is 2.82. The number of hydrogen-bond acceptors (Lipinski definition) is 4. The van der Waals surface area contributed by atoms with Crippen LogP contribution < -0.4 is 20.2 Å². The Hall–Kier alpha value is -4.06. The van der Waals surface area contributed by atoms with Crippen molar-refractivity contribution in [1.29, 1.82) is 0 Å². The molecule has 3 aromatic carbocycles. The van der Waals surface area contributed by atoms with Gasteiger partial charge in [-0.3, -0.25) is 9.59 Å². The molecule has 156 valence electrons. The van der Waals surface area contributed by atoms with Gasteiger partial charge in [0.05, 0.1) is 30.9 Å². The van der Waals surface area contributed by atoms with E-state index in [0.29, 0.717) is 39.4 Å². The second-order valence-electron chi connectivity index (χ2n) is 7.02. The fourth-order valence-corrected chi connectivity index (χ4v) is 3.69. The van der Waals surface area contributed by atoms with E-state index >= 15 is 0 Å². The zero-order chi connectivity index (χ0) is 22.0. The van der Waals surface area contributed by atoms with Crippen LogP contribution in [-0.2, 0) is 7.05 Å². The van der Waals surface area contributed by atoms with E-state index in [2.05, 4.69) is 5.32 Å². The fraction of sp³-hybridized carbons (Fsp3) is 0.120. The highest BCUT2D eigenvalue weighted by Gasteiger charge is 2.21. The van der Waals surface area contributed by atoms with Crippen molar-refractivity contribution >= 4 is 22.6 Å². The summed E-state index contributed by atoms with van der Waals surface area (Å²) in [7, 11) is 4.91. The van der Waals surface area contributed by atoms with E-state index in [1.165, 1.54) is 7.11 Å². The Morgan fingerprint density at radius 3 is 2.42 bits per heavy atom. The molecule has 0 saturated carbocycles. The minimum Gasteiger partial charge on any atom is -0.497 e. The predicted molar refractivity (Wildman–Crippen MR) is 122 cm³/mol. The number of benzene rings is 3. The Bertz CT molecular complexity index is 1340. The summed E-state index contributed by atoms with van der Waals surface area (Å²) in [6.45, 7) is 0. The summed E-state index contributed by atoms with van der Waals surface area (Å²) >= 11 is 0. The molecular formula is C25H22N2O4. The highest BCUT2D eigenvalue weighted by molar-refractivity contribution is 6.08. The third-order valence-electron chi connectivity index (χ3n) is 5.25. The summed E-state index contributed by atoms with van der Waals surface area (Å²) in [6, 6.07) is 21.5. The molecule has 4 rings (SSSR count). The smallest absolute Gasteiger partial charge is 0.260 e. The lowest BCUT2D eigenvalue weighted by atomic mass is 10.0. The van der Waals surface area contributed by atoms with E-state index < -0.39 is 0 Å². The minimum absolute atomic E-state index is 0.169. The van der Waals surface area contributed by atoms with Crippen molar-refractivity contribution in [2.24, 2.45) is 7.05 Å². The lowest BCUT2D eigenvalue weighted by molar-refractivity contribution is 0.102. The van der Waals surface area contributed by atoms with Crippen LogP contribution in [0.15, 0.2) is 77.6 Å². The van der Waals surface area contributed by atoms with Crippen molar-refractivity contribution in [2.45, 2.75) is 0 Å². The number of aromatic nitrogens is 1. The molecule has 1 N–H and O–H groups in total. The third kappa shape index (κ3) is 3.64. The number of aryl methyl sites for hydroxylation is 1. The summed E-state index contributed by atoms with van der Waals surface area (Å²) in [6.07, 6.45) is 0. The highest BCUT2D eigenvalue weighted by Crippen LogP contribution is 2.31. The van der Waals surface area contributed by atoms with Gasteiger partial charge in [0, 0.05) is 12.4 Å². The molecule has 0 bridgehead atoms. The lowest BCUT2D eigenvalue weighted by Crippen LogP contribution is -2.21. The number of fused-ring (bicyclic) bond motifs is 1. The number of amides is 1. The minimum atomic E-state index is -0.369.